The van der Waals surface area contributed by atoms with Crippen molar-refractivity contribution in [2.45, 2.75) is 52.5 Å². The molecule has 152 valence electrons. The molecule has 1 aliphatic rings. The quantitative estimate of drug-likeness (QED) is 0.435. The summed E-state index contributed by atoms with van der Waals surface area (Å²) in [5, 5.41) is 7.80. The molecule has 1 fully saturated rings. The Hall–Kier alpha value is -2.50. The minimum Gasteiger partial charge on any atom is -0.459 e. The monoisotopic (exact) mass is 384 g/mol. The Kier molecular flexibility index (Phi) is 7.34. The topological polar surface area (TPSA) is 69.9 Å². The van der Waals surface area contributed by atoms with E-state index in [4.69, 9.17) is 4.42 Å². The Morgan fingerprint density at radius 1 is 1.21 bits per heavy atom. The SMILES string of the molecule is CCNC(=NCc1oc2ccccc2c1C)NCCCN1CCCCCC1=O. The fourth-order valence-electron chi connectivity index (χ4n) is 3.62. The molecule has 28 heavy (non-hydrogen) atoms. The number of amides is 1. The van der Waals surface area contributed by atoms with Gasteiger partial charge in [-0.25, -0.2) is 4.99 Å². The van der Waals surface area contributed by atoms with E-state index in [9.17, 15) is 4.79 Å². The van der Waals surface area contributed by atoms with Gasteiger partial charge in [-0.15, -0.1) is 0 Å². The average Bonchev–Trinajstić information content (AvgIpc) is 2.87. The summed E-state index contributed by atoms with van der Waals surface area (Å²) < 4.78 is 5.95. The third-order valence-corrected chi connectivity index (χ3v) is 5.24. The van der Waals surface area contributed by atoms with Gasteiger partial charge in [0.15, 0.2) is 5.96 Å². The zero-order valence-electron chi connectivity index (χ0n) is 17.1. The number of hydrogen-bond donors (Lipinski definition) is 2. The van der Waals surface area contributed by atoms with E-state index in [2.05, 4.69) is 35.5 Å². The lowest BCUT2D eigenvalue weighted by molar-refractivity contribution is -0.130. The van der Waals surface area contributed by atoms with Crippen LogP contribution in [0.3, 0.4) is 0 Å². The van der Waals surface area contributed by atoms with Gasteiger partial charge in [0.25, 0.3) is 0 Å². The van der Waals surface area contributed by atoms with E-state index in [1.165, 1.54) is 6.42 Å². The van der Waals surface area contributed by atoms with E-state index >= 15 is 0 Å². The number of aliphatic imine (C=N–C) groups is 1. The standard InChI is InChI=1S/C22H32N4O2/c1-3-23-22(24-13-9-15-26-14-8-4-5-12-21(26)27)25-16-20-17(2)18-10-6-7-11-19(18)28-20/h6-7,10-11H,3-5,8-9,12-16H2,1-2H3,(H2,23,24,25). The van der Waals surface area contributed by atoms with Crippen LogP contribution in [0.1, 0.15) is 50.4 Å². The Labute approximate surface area is 167 Å². The number of carbonyl (C=O) groups is 1. The minimum absolute atomic E-state index is 0.304. The van der Waals surface area contributed by atoms with Crippen LogP contribution >= 0.6 is 0 Å². The highest BCUT2D eigenvalue weighted by Gasteiger charge is 2.15. The van der Waals surface area contributed by atoms with Crippen LogP contribution in [0.25, 0.3) is 11.0 Å². The molecule has 6 nitrogen and oxygen atoms in total. The van der Waals surface area contributed by atoms with Crippen molar-refractivity contribution < 1.29 is 9.21 Å². The second kappa shape index (κ2) is 10.2. The molecular formula is C22H32N4O2. The van der Waals surface area contributed by atoms with Crippen LogP contribution in [-0.4, -0.2) is 42.9 Å². The number of hydrogen-bond acceptors (Lipinski definition) is 3. The third kappa shape index (κ3) is 5.27. The molecular weight excluding hydrogens is 352 g/mol. The molecule has 2 heterocycles. The zero-order valence-corrected chi connectivity index (χ0v) is 17.1. The Bertz CT molecular complexity index is 812. The van der Waals surface area contributed by atoms with Gasteiger partial charge >= 0.3 is 0 Å². The number of furan rings is 1. The van der Waals surface area contributed by atoms with Crippen LogP contribution in [0.5, 0.6) is 0 Å². The largest absolute Gasteiger partial charge is 0.459 e. The van der Waals surface area contributed by atoms with Gasteiger partial charge < -0.3 is 20.0 Å². The highest BCUT2D eigenvalue weighted by Crippen LogP contribution is 2.25. The molecule has 6 heteroatoms. The maximum Gasteiger partial charge on any atom is 0.222 e. The zero-order chi connectivity index (χ0) is 19.8. The first-order valence-electron chi connectivity index (χ1n) is 10.5. The first kappa shape index (κ1) is 20.2. The highest BCUT2D eigenvalue weighted by molar-refractivity contribution is 5.82. The second-order valence-electron chi connectivity index (χ2n) is 7.31. The summed E-state index contributed by atoms with van der Waals surface area (Å²) in [4.78, 5) is 18.8. The number of aryl methyl sites for hydroxylation is 1. The van der Waals surface area contributed by atoms with Gasteiger partial charge in [0.1, 0.15) is 17.9 Å². The molecule has 0 bridgehead atoms. The molecule has 1 amide bonds. The molecule has 1 aromatic heterocycles. The minimum atomic E-state index is 0.304. The summed E-state index contributed by atoms with van der Waals surface area (Å²) in [5.41, 5.74) is 2.06. The Balaban J connectivity index is 1.52. The predicted molar refractivity (Wildman–Crippen MR) is 113 cm³/mol. The molecule has 1 aliphatic heterocycles. The summed E-state index contributed by atoms with van der Waals surface area (Å²) in [5.74, 6) is 1.98. The van der Waals surface area contributed by atoms with Crippen molar-refractivity contribution >= 4 is 22.8 Å². The molecule has 0 unspecified atom stereocenters. The van der Waals surface area contributed by atoms with Crippen molar-refractivity contribution in [3.63, 3.8) is 0 Å². The average molecular weight is 385 g/mol. The second-order valence-corrected chi connectivity index (χ2v) is 7.31. The Morgan fingerprint density at radius 3 is 2.89 bits per heavy atom. The normalized spacial score (nSPS) is 15.7. The summed E-state index contributed by atoms with van der Waals surface area (Å²) in [6.07, 6.45) is 4.94. The predicted octanol–water partition coefficient (Wildman–Crippen LogP) is 3.59. The number of fused-ring (bicyclic) bond motifs is 1. The maximum absolute atomic E-state index is 12.1. The lowest BCUT2D eigenvalue weighted by Crippen LogP contribution is -2.39. The third-order valence-electron chi connectivity index (χ3n) is 5.24. The van der Waals surface area contributed by atoms with Gasteiger partial charge in [-0.2, -0.15) is 0 Å². The molecule has 1 saturated heterocycles. The smallest absolute Gasteiger partial charge is 0.222 e. The highest BCUT2D eigenvalue weighted by atomic mass is 16.3. The van der Waals surface area contributed by atoms with Gasteiger partial charge in [-0.1, -0.05) is 24.6 Å². The van der Waals surface area contributed by atoms with Gasteiger partial charge in [0, 0.05) is 43.5 Å². The van der Waals surface area contributed by atoms with Crippen molar-refractivity contribution in [2.24, 2.45) is 4.99 Å². The molecule has 0 radical (unpaired) electrons. The fraction of sp³-hybridized carbons (Fsp3) is 0.545. The lowest BCUT2D eigenvalue weighted by atomic mass is 10.1. The number of para-hydroxylation sites is 1. The van der Waals surface area contributed by atoms with Crippen LogP contribution in [0.2, 0.25) is 0 Å². The molecule has 2 N–H and O–H groups in total. The van der Waals surface area contributed by atoms with Gasteiger partial charge in [0.05, 0.1) is 0 Å². The Morgan fingerprint density at radius 2 is 2.07 bits per heavy atom. The van der Waals surface area contributed by atoms with E-state index in [1.54, 1.807) is 0 Å². The number of likely N-dealkylation sites (tertiary alicyclic amines) is 1. The maximum atomic E-state index is 12.1. The van der Waals surface area contributed by atoms with Crippen LogP contribution in [0.4, 0.5) is 0 Å². The van der Waals surface area contributed by atoms with Crippen molar-refractivity contribution in [1.29, 1.82) is 0 Å². The van der Waals surface area contributed by atoms with E-state index in [1.807, 2.05) is 23.1 Å². The summed E-state index contributed by atoms with van der Waals surface area (Å²) in [6.45, 7) is 7.94. The van der Waals surface area contributed by atoms with Crippen molar-refractivity contribution in [3.05, 3.63) is 35.6 Å². The van der Waals surface area contributed by atoms with Crippen molar-refractivity contribution in [3.8, 4) is 0 Å². The van der Waals surface area contributed by atoms with Gasteiger partial charge in [0.2, 0.25) is 5.91 Å². The number of nitrogens with one attached hydrogen (secondary N) is 2. The van der Waals surface area contributed by atoms with Crippen LogP contribution in [0.15, 0.2) is 33.7 Å². The first-order chi connectivity index (χ1) is 13.7. The molecule has 0 saturated carbocycles. The fourth-order valence-corrected chi connectivity index (χ4v) is 3.62. The van der Waals surface area contributed by atoms with E-state index in [0.29, 0.717) is 18.9 Å². The van der Waals surface area contributed by atoms with Crippen LogP contribution < -0.4 is 10.6 Å². The lowest BCUT2D eigenvalue weighted by Gasteiger charge is -2.20. The number of carbonyl (C=O) groups excluding carboxylic acids is 1. The molecule has 2 aromatic rings. The molecule has 0 atom stereocenters. The summed E-state index contributed by atoms with van der Waals surface area (Å²) in [6, 6.07) is 8.08. The van der Waals surface area contributed by atoms with E-state index < -0.39 is 0 Å². The number of nitrogens with zero attached hydrogens (tertiary/aromatic N) is 2. The molecule has 1 aromatic carbocycles. The summed E-state index contributed by atoms with van der Waals surface area (Å²) in [7, 11) is 0. The van der Waals surface area contributed by atoms with Crippen LogP contribution in [-0.2, 0) is 11.3 Å². The number of rotatable bonds is 7. The molecule has 3 rings (SSSR count). The summed E-state index contributed by atoms with van der Waals surface area (Å²) >= 11 is 0. The van der Waals surface area contributed by atoms with E-state index in [-0.39, 0.29) is 0 Å². The van der Waals surface area contributed by atoms with Crippen LogP contribution in [0, 0.1) is 6.92 Å². The first-order valence-corrected chi connectivity index (χ1v) is 10.5. The van der Waals surface area contributed by atoms with Crippen molar-refractivity contribution in [2.75, 3.05) is 26.2 Å². The molecule has 0 aliphatic carbocycles. The van der Waals surface area contributed by atoms with Gasteiger partial charge in [-0.05, 0) is 39.2 Å². The van der Waals surface area contributed by atoms with Gasteiger partial charge in [-0.3, -0.25) is 4.79 Å². The van der Waals surface area contributed by atoms with Crippen molar-refractivity contribution in [1.82, 2.24) is 15.5 Å². The number of benzene rings is 1. The molecule has 0 spiro atoms. The van der Waals surface area contributed by atoms with E-state index in [0.717, 1.165) is 73.7 Å². The number of guanidine groups is 1.